The Morgan fingerprint density at radius 3 is 2.94 bits per heavy atom. The molecule has 1 unspecified atom stereocenters. The maximum Gasteiger partial charge on any atom is 0.216 e. The van der Waals surface area contributed by atoms with E-state index < -0.39 is 0 Å². The lowest BCUT2D eigenvalue weighted by Crippen LogP contribution is -2.12. The molecule has 2 aromatic rings. The molecule has 0 saturated carbocycles. The van der Waals surface area contributed by atoms with Gasteiger partial charge in [0.05, 0.1) is 11.4 Å². The first-order chi connectivity index (χ1) is 8.19. The molecular weight excluding hydrogens is 258 g/mol. The first-order valence-electron chi connectivity index (χ1n) is 5.05. The zero-order chi connectivity index (χ0) is 12.3. The van der Waals surface area contributed by atoms with Crippen molar-refractivity contribution in [1.29, 1.82) is 0 Å². The van der Waals surface area contributed by atoms with Crippen LogP contribution in [-0.4, -0.2) is 17.1 Å². The van der Waals surface area contributed by atoms with Gasteiger partial charge in [-0.25, -0.2) is 9.97 Å². The SMILES string of the molecule is COc1cc(CC(N)c2ccc(Cl)s2)ncn1. The van der Waals surface area contributed by atoms with Crippen molar-refractivity contribution in [2.75, 3.05) is 7.11 Å². The molecule has 2 rings (SSSR count). The van der Waals surface area contributed by atoms with Gasteiger partial charge in [0.25, 0.3) is 0 Å². The third-order valence-corrected chi connectivity index (χ3v) is 3.66. The molecule has 2 heterocycles. The van der Waals surface area contributed by atoms with E-state index in [9.17, 15) is 0 Å². The van der Waals surface area contributed by atoms with Crippen LogP contribution >= 0.6 is 22.9 Å². The second-order valence-corrected chi connectivity index (χ2v) is 5.25. The molecule has 2 aromatic heterocycles. The summed E-state index contributed by atoms with van der Waals surface area (Å²) < 4.78 is 5.78. The van der Waals surface area contributed by atoms with Gasteiger partial charge in [-0.15, -0.1) is 11.3 Å². The predicted molar refractivity (Wildman–Crippen MR) is 68.5 cm³/mol. The van der Waals surface area contributed by atoms with E-state index in [0.29, 0.717) is 12.3 Å². The van der Waals surface area contributed by atoms with Crippen molar-refractivity contribution in [3.8, 4) is 5.88 Å². The van der Waals surface area contributed by atoms with E-state index in [1.54, 1.807) is 13.2 Å². The van der Waals surface area contributed by atoms with Gasteiger partial charge in [-0.3, -0.25) is 0 Å². The fraction of sp³-hybridized carbons (Fsp3) is 0.273. The van der Waals surface area contributed by atoms with Gasteiger partial charge in [-0.2, -0.15) is 0 Å². The predicted octanol–water partition coefficient (Wildman–Crippen LogP) is 2.44. The summed E-state index contributed by atoms with van der Waals surface area (Å²) in [6.45, 7) is 0. The monoisotopic (exact) mass is 269 g/mol. The van der Waals surface area contributed by atoms with Crippen LogP contribution in [-0.2, 0) is 6.42 Å². The van der Waals surface area contributed by atoms with Crippen LogP contribution in [0.1, 0.15) is 16.6 Å². The van der Waals surface area contributed by atoms with Crippen molar-refractivity contribution in [3.05, 3.63) is 39.4 Å². The highest BCUT2D eigenvalue weighted by molar-refractivity contribution is 7.16. The maximum atomic E-state index is 6.08. The molecule has 0 aliphatic rings. The molecule has 0 spiro atoms. The molecule has 0 saturated heterocycles. The Hall–Kier alpha value is -1.17. The summed E-state index contributed by atoms with van der Waals surface area (Å²) in [4.78, 5) is 9.16. The number of rotatable bonds is 4. The number of aromatic nitrogens is 2. The lowest BCUT2D eigenvalue weighted by Gasteiger charge is -2.09. The number of nitrogens with zero attached hydrogens (tertiary/aromatic N) is 2. The quantitative estimate of drug-likeness (QED) is 0.926. The van der Waals surface area contributed by atoms with Crippen LogP contribution < -0.4 is 10.5 Å². The second-order valence-electron chi connectivity index (χ2n) is 3.50. The van der Waals surface area contributed by atoms with Crippen molar-refractivity contribution in [3.63, 3.8) is 0 Å². The van der Waals surface area contributed by atoms with Crippen LogP contribution in [0.2, 0.25) is 4.34 Å². The Balaban J connectivity index is 2.09. The second kappa shape index (κ2) is 5.44. The third-order valence-electron chi connectivity index (χ3n) is 2.30. The fourth-order valence-corrected chi connectivity index (χ4v) is 2.52. The van der Waals surface area contributed by atoms with Crippen molar-refractivity contribution in [2.45, 2.75) is 12.5 Å². The topological polar surface area (TPSA) is 61.0 Å². The first-order valence-corrected chi connectivity index (χ1v) is 6.24. The van der Waals surface area contributed by atoms with E-state index >= 15 is 0 Å². The standard InChI is InChI=1S/C11H12ClN3OS/c1-16-11-5-7(14-6-15-11)4-8(13)9-2-3-10(12)17-9/h2-3,5-6,8H,4,13H2,1H3. The Kier molecular flexibility index (Phi) is 3.93. The molecule has 0 amide bonds. The zero-order valence-corrected chi connectivity index (χ0v) is 10.8. The molecule has 0 bridgehead atoms. The highest BCUT2D eigenvalue weighted by Crippen LogP contribution is 2.27. The smallest absolute Gasteiger partial charge is 0.216 e. The average molecular weight is 270 g/mol. The Labute approximate surface area is 108 Å². The molecule has 0 radical (unpaired) electrons. The number of hydrogen-bond donors (Lipinski definition) is 1. The first kappa shape index (κ1) is 12.3. The van der Waals surface area contributed by atoms with Gasteiger partial charge in [0.1, 0.15) is 6.33 Å². The van der Waals surface area contributed by atoms with Crippen LogP contribution in [0.5, 0.6) is 5.88 Å². The van der Waals surface area contributed by atoms with Gasteiger partial charge < -0.3 is 10.5 Å². The Morgan fingerprint density at radius 2 is 2.29 bits per heavy atom. The third kappa shape index (κ3) is 3.15. The molecule has 6 heteroatoms. The van der Waals surface area contributed by atoms with Gasteiger partial charge in [-0.1, -0.05) is 11.6 Å². The van der Waals surface area contributed by atoms with Crippen molar-refractivity contribution in [2.24, 2.45) is 5.73 Å². The van der Waals surface area contributed by atoms with Gasteiger partial charge in [0.2, 0.25) is 5.88 Å². The zero-order valence-electron chi connectivity index (χ0n) is 9.26. The molecule has 0 fully saturated rings. The Bertz CT molecular complexity index is 503. The summed E-state index contributed by atoms with van der Waals surface area (Å²) in [6, 6.07) is 5.47. The molecule has 4 nitrogen and oxygen atoms in total. The Morgan fingerprint density at radius 1 is 1.47 bits per heavy atom. The van der Waals surface area contributed by atoms with E-state index in [1.165, 1.54) is 17.7 Å². The molecule has 0 aliphatic heterocycles. The number of nitrogens with two attached hydrogens (primary N) is 1. The summed E-state index contributed by atoms with van der Waals surface area (Å²) in [5.41, 5.74) is 6.94. The minimum Gasteiger partial charge on any atom is -0.481 e. The minimum absolute atomic E-state index is 0.105. The lowest BCUT2D eigenvalue weighted by molar-refractivity contribution is 0.395. The van der Waals surface area contributed by atoms with Crippen LogP contribution in [0.15, 0.2) is 24.5 Å². The molecule has 90 valence electrons. The van der Waals surface area contributed by atoms with Crippen molar-refractivity contribution in [1.82, 2.24) is 9.97 Å². The van der Waals surface area contributed by atoms with Crippen LogP contribution in [0.3, 0.4) is 0 Å². The van der Waals surface area contributed by atoms with E-state index in [0.717, 1.165) is 14.9 Å². The van der Waals surface area contributed by atoms with Crippen LogP contribution in [0.25, 0.3) is 0 Å². The van der Waals surface area contributed by atoms with Crippen molar-refractivity contribution < 1.29 is 4.74 Å². The van der Waals surface area contributed by atoms with Gasteiger partial charge in [-0.05, 0) is 12.1 Å². The number of ether oxygens (including phenoxy) is 1. The molecule has 0 aromatic carbocycles. The highest BCUT2D eigenvalue weighted by atomic mass is 35.5. The normalized spacial score (nSPS) is 12.4. The van der Waals surface area contributed by atoms with Gasteiger partial charge in [0.15, 0.2) is 0 Å². The molecule has 0 aliphatic carbocycles. The summed E-state index contributed by atoms with van der Waals surface area (Å²) in [7, 11) is 1.57. The molecule has 1 atom stereocenters. The number of halogens is 1. The van der Waals surface area contributed by atoms with E-state index in [4.69, 9.17) is 22.1 Å². The van der Waals surface area contributed by atoms with Crippen molar-refractivity contribution >= 4 is 22.9 Å². The number of hydrogen-bond acceptors (Lipinski definition) is 5. The van der Waals surface area contributed by atoms with E-state index in [1.807, 2.05) is 12.1 Å². The summed E-state index contributed by atoms with van der Waals surface area (Å²) in [6.07, 6.45) is 2.11. The minimum atomic E-state index is -0.105. The number of methoxy groups -OCH3 is 1. The molecular formula is C11H12ClN3OS. The summed E-state index contributed by atoms with van der Waals surface area (Å²) in [5.74, 6) is 0.548. The largest absolute Gasteiger partial charge is 0.481 e. The van der Waals surface area contributed by atoms with Gasteiger partial charge in [0, 0.05) is 29.1 Å². The fourth-order valence-electron chi connectivity index (χ4n) is 1.45. The van der Waals surface area contributed by atoms with Crippen LogP contribution in [0, 0.1) is 0 Å². The molecule has 17 heavy (non-hydrogen) atoms. The average Bonchev–Trinajstić information content (AvgIpc) is 2.76. The lowest BCUT2D eigenvalue weighted by atomic mass is 10.1. The molecule has 2 N–H and O–H groups in total. The van der Waals surface area contributed by atoms with Gasteiger partial charge >= 0.3 is 0 Å². The van der Waals surface area contributed by atoms with Crippen LogP contribution in [0.4, 0.5) is 0 Å². The maximum absolute atomic E-state index is 6.08. The van der Waals surface area contributed by atoms with E-state index in [2.05, 4.69) is 9.97 Å². The number of thiophene rings is 1. The highest BCUT2D eigenvalue weighted by Gasteiger charge is 2.11. The summed E-state index contributed by atoms with van der Waals surface area (Å²) in [5, 5.41) is 0. The summed E-state index contributed by atoms with van der Waals surface area (Å²) >= 11 is 7.36. The van der Waals surface area contributed by atoms with E-state index in [-0.39, 0.29) is 6.04 Å².